The number of nitrogens with zero attached hydrogens (tertiary/aromatic N) is 6. The lowest BCUT2D eigenvalue weighted by Crippen LogP contribution is -1.92. The molecule has 1 N–H and O–H groups in total. The van der Waals surface area contributed by atoms with Gasteiger partial charge < -0.3 is 4.98 Å². The smallest absolute Gasteiger partial charge is 0.0980 e. The molecule has 2 aromatic carbocycles. The molecule has 0 fully saturated rings. The average molecular weight is 634 g/mol. The molecular weight excluding hydrogens is 603 g/mol. The minimum atomic E-state index is 0.858. The summed E-state index contributed by atoms with van der Waals surface area (Å²) in [5.41, 5.74) is 9.67. The predicted octanol–water partition coefficient (Wildman–Crippen LogP) is 9.73. The second kappa shape index (κ2) is 15.2. The maximum atomic E-state index is 4.42. The maximum absolute atomic E-state index is 4.42. The zero-order valence-electron chi connectivity index (χ0n) is 26.5. The van der Waals surface area contributed by atoms with Gasteiger partial charge in [0.05, 0.1) is 34.2 Å². The Balaban J connectivity index is 0.000000117. The van der Waals surface area contributed by atoms with Gasteiger partial charge in [0.15, 0.2) is 0 Å². The molecule has 7 nitrogen and oxygen atoms in total. The van der Waals surface area contributed by atoms with Crippen LogP contribution in [0.25, 0.3) is 67.1 Å². The number of H-pyrrole nitrogens is 1. The van der Waals surface area contributed by atoms with Crippen molar-refractivity contribution < 1.29 is 0 Å². The Hall–Kier alpha value is -6.86. The number of aromatic amines is 1. The molecule has 0 aliphatic carbocycles. The van der Waals surface area contributed by atoms with Crippen LogP contribution in [0.2, 0.25) is 0 Å². The van der Waals surface area contributed by atoms with E-state index in [1.54, 1.807) is 37.2 Å². The Morgan fingerprint density at radius 1 is 0.286 bits per heavy atom. The van der Waals surface area contributed by atoms with E-state index < -0.39 is 0 Å². The number of fused-ring (bicyclic) bond motifs is 3. The van der Waals surface area contributed by atoms with Gasteiger partial charge in [-0.3, -0.25) is 29.9 Å². The average Bonchev–Trinajstić information content (AvgIpc) is 3.59. The summed E-state index contributed by atoms with van der Waals surface area (Å²) in [6.45, 7) is 0. The van der Waals surface area contributed by atoms with Crippen molar-refractivity contribution in [3.63, 3.8) is 0 Å². The van der Waals surface area contributed by atoms with Crippen LogP contribution in [0.3, 0.4) is 0 Å². The molecule has 234 valence electrons. The molecule has 7 heteroatoms. The van der Waals surface area contributed by atoms with Crippen molar-refractivity contribution in [2.75, 3.05) is 0 Å². The van der Waals surface area contributed by atoms with Gasteiger partial charge in [-0.25, -0.2) is 0 Å². The highest BCUT2D eigenvalue weighted by Gasteiger charge is 2.10. The van der Waals surface area contributed by atoms with E-state index in [0.29, 0.717) is 0 Å². The van der Waals surface area contributed by atoms with E-state index >= 15 is 0 Å². The minimum Gasteiger partial charge on any atom is -0.355 e. The maximum Gasteiger partial charge on any atom is 0.0980 e. The summed E-state index contributed by atoms with van der Waals surface area (Å²) in [6, 6.07) is 47.9. The molecule has 0 aliphatic heterocycles. The third kappa shape index (κ3) is 7.26. The van der Waals surface area contributed by atoms with Crippen molar-refractivity contribution in [3.05, 3.63) is 183 Å². The lowest BCUT2D eigenvalue weighted by atomic mass is 10.1. The normalized spacial score (nSPS) is 10.4. The third-order valence-electron chi connectivity index (χ3n) is 7.73. The highest BCUT2D eigenvalue weighted by Crippen LogP contribution is 2.28. The van der Waals surface area contributed by atoms with Crippen molar-refractivity contribution in [3.8, 4) is 45.3 Å². The summed E-state index contributed by atoms with van der Waals surface area (Å²) < 4.78 is 0. The molecule has 49 heavy (non-hydrogen) atoms. The predicted molar refractivity (Wildman–Crippen MR) is 197 cm³/mol. The van der Waals surface area contributed by atoms with Crippen molar-refractivity contribution in [2.45, 2.75) is 0 Å². The number of rotatable bonds is 4. The second-order valence-corrected chi connectivity index (χ2v) is 10.9. The van der Waals surface area contributed by atoms with Gasteiger partial charge in [0, 0.05) is 70.1 Å². The van der Waals surface area contributed by atoms with Crippen LogP contribution in [0, 0.1) is 0 Å². The zero-order chi connectivity index (χ0) is 33.1. The van der Waals surface area contributed by atoms with Crippen LogP contribution in [0.1, 0.15) is 0 Å². The van der Waals surface area contributed by atoms with Gasteiger partial charge >= 0.3 is 0 Å². The summed E-state index contributed by atoms with van der Waals surface area (Å²) in [6.07, 6.45) is 10.7. The quantitative estimate of drug-likeness (QED) is 0.207. The fourth-order valence-electron chi connectivity index (χ4n) is 5.48. The number of pyridine rings is 6. The molecule has 7 aromatic heterocycles. The van der Waals surface area contributed by atoms with Crippen LogP contribution < -0.4 is 0 Å². The van der Waals surface area contributed by atoms with E-state index in [0.717, 1.165) is 45.3 Å². The minimum absolute atomic E-state index is 0.858. The second-order valence-electron chi connectivity index (χ2n) is 10.9. The number of nitrogens with one attached hydrogen (secondary N) is 1. The molecule has 9 aromatic rings. The first kappa shape index (κ1) is 30.8. The molecule has 0 amide bonds. The first-order chi connectivity index (χ1) is 24.3. The first-order valence-electron chi connectivity index (χ1n) is 15.9. The summed E-state index contributed by atoms with van der Waals surface area (Å²) in [7, 11) is 0. The van der Waals surface area contributed by atoms with Gasteiger partial charge in [-0.05, 0) is 84.9 Å². The Morgan fingerprint density at radius 3 is 1.02 bits per heavy atom. The Bertz CT molecular complexity index is 2090. The summed E-state index contributed by atoms with van der Waals surface area (Å²) in [5, 5.41) is 2.61. The van der Waals surface area contributed by atoms with E-state index in [1.807, 2.05) is 97.1 Å². The van der Waals surface area contributed by atoms with E-state index in [9.17, 15) is 0 Å². The van der Waals surface area contributed by atoms with Crippen molar-refractivity contribution in [1.29, 1.82) is 0 Å². The number of hydrogen-bond donors (Lipinski definition) is 1. The molecule has 0 bridgehead atoms. The van der Waals surface area contributed by atoms with Gasteiger partial charge in [-0.1, -0.05) is 60.7 Å². The van der Waals surface area contributed by atoms with Crippen molar-refractivity contribution >= 4 is 21.8 Å². The van der Waals surface area contributed by atoms with Crippen LogP contribution >= 0.6 is 0 Å². The fourth-order valence-corrected chi connectivity index (χ4v) is 5.48. The number of para-hydroxylation sites is 2. The standard InChI is InChI=1S/2C15H11N3.C12H9N/c2*1-3-9-16-13(7-1)12-6-5-11-18-15(12)14-8-2-4-10-17-14;1-3-7-11-9(5-1)10-6-2-4-8-12(10)13-11/h2*1-11H;1-8,13H. The van der Waals surface area contributed by atoms with E-state index in [1.165, 1.54) is 21.8 Å². The molecule has 0 saturated heterocycles. The van der Waals surface area contributed by atoms with Crippen LogP contribution in [0.15, 0.2) is 183 Å². The van der Waals surface area contributed by atoms with Crippen LogP contribution in [0.5, 0.6) is 0 Å². The Morgan fingerprint density at radius 2 is 0.633 bits per heavy atom. The monoisotopic (exact) mass is 633 g/mol. The third-order valence-corrected chi connectivity index (χ3v) is 7.73. The SMILES string of the molecule is c1ccc(-c2cccnc2-c2ccccn2)nc1.c1ccc(-c2cccnc2-c2ccccn2)nc1.c1ccc2c(c1)[nH]c1ccccc12. The van der Waals surface area contributed by atoms with Crippen LogP contribution in [-0.2, 0) is 0 Å². The molecule has 0 atom stereocenters. The van der Waals surface area contributed by atoms with E-state index in [-0.39, 0.29) is 0 Å². The zero-order valence-corrected chi connectivity index (χ0v) is 26.5. The Labute approximate surface area is 284 Å². The molecule has 0 aliphatic rings. The molecule has 0 unspecified atom stereocenters. The molecular formula is C42H31N7. The fraction of sp³-hybridized carbons (Fsp3) is 0. The van der Waals surface area contributed by atoms with Crippen LogP contribution in [-0.4, -0.2) is 34.9 Å². The topological polar surface area (TPSA) is 93.1 Å². The van der Waals surface area contributed by atoms with E-state index in [4.69, 9.17) is 0 Å². The lowest BCUT2D eigenvalue weighted by molar-refractivity contribution is 1.23. The van der Waals surface area contributed by atoms with E-state index in [2.05, 4.69) is 83.4 Å². The summed E-state index contributed by atoms with van der Waals surface area (Å²) in [4.78, 5) is 29.6. The largest absolute Gasteiger partial charge is 0.355 e. The summed E-state index contributed by atoms with van der Waals surface area (Å²) in [5.74, 6) is 0. The number of hydrogen-bond acceptors (Lipinski definition) is 6. The van der Waals surface area contributed by atoms with Gasteiger partial charge in [0.1, 0.15) is 0 Å². The van der Waals surface area contributed by atoms with Gasteiger partial charge in [0.25, 0.3) is 0 Å². The van der Waals surface area contributed by atoms with Crippen molar-refractivity contribution in [1.82, 2.24) is 34.9 Å². The summed E-state index contributed by atoms with van der Waals surface area (Å²) >= 11 is 0. The molecule has 9 rings (SSSR count). The Kier molecular flexibility index (Phi) is 9.52. The van der Waals surface area contributed by atoms with Crippen molar-refractivity contribution in [2.24, 2.45) is 0 Å². The highest BCUT2D eigenvalue weighted by molar-refractivity contribution is 6.07. The van der Waals surface area contributed by atoms with Crippen LogP contribution in [0.4, 0.5) is 0 Å². The lowest BCUT2D eigenvalue weighted by Gasteiger charge is -2.06. The number of benzene rings is 2. The van der Waals surface area contributed by atoms with Gasteiger partial charge in [0.2, 0.25) is 0 Å². The van der Waals surface area contributed by atoms with Gasteiger partial charge in [-0.2, -0.15) is 0 Å². The molecule has 0 radical (unpaired) electrons. The first-order valence-corrected chi connectivity index (χ1v) is 15.9. The number of aromatic nitrogens is 7. The molecule has 0 saturated carbocycles. The molecule has 7 heterocycles. The van der Waals surface area contributed by atoms with Gasteiger partial charge in [-0.15, -0.1) is 0 Å². The highest BCUT2D eigenvalue weighted by atomic mass is 14.8. The molecule has 0 spiro atoms.